The molecule has 36 heavy (non-hydrogen) atoms. The van der Waals surface area contributed by atoms with Crippen LogP contribution < -0.4 is 0 Å². The molecule has 0 radical (unpaired) electrons. The normalized spacial score (nSPS) is 23.2. The SMILES string of the molecule is CC(C)C(Cl)C(Cl)C(Cl)C(Cl)C(Cl)C(Cl)C(Cl)C(Cl)C(Cl)C(Cl)C(Cl)C(Cl)CCOCCC(C)(C)C. The number of hydrogen-bond donors (Lipinski definition) is 0. The van der Waals surface area contributed by atoms with Crippen molar-refractivity contribution in [3.05, 3.63) is 0 Å². The highest BCUT2D eigenvalue weighted by atomic mass is 35.5. The molecule has 0 saturated carbocycles. The van der Waals surface area contributed by atoms with E-state index in [9.17, 15) is 0 Å². The maximum Gasteiger partial charge on any atom is 0.0693 e. The summed E-state index contributed by atoms with van der Waals surface area (Å²) in [6.07, 6.45) is 1.43. The number of alkyl halides is 12. The van der Waals surface area contributed by atoms with Crippen LogP contribution in [0.2, 0.25) is 0 Å². The Hall–Kier alpha value is 3.44. The van der Waals surface area contributed by atoms with Gasteiger partial charge in [0.1, 0.15) is 0 Å². The average Bonchev–Trinajstić information content (AvgIpc) is 2.82. The summed E-state index contributed by atoms with van der Waals surface area (Å²) in [4.78, 5) is 0. The molecule has 0 aromatic heterocycles. The summed E-state index contributed by atoms with van der Waals surface area (Å²) in [6, 6.07) is 0. The van der Waals surface area contributed by atoms with Gasteiger partial charge in [-0.15, -0.1) is 139 Å². The zero-order valence-corrected chi connectivity index (χ0v) is 29.8. The molecule has 218 valence electrons. The Morgan fingerprint density at radius 3 is 1.08 bits per heavy atom. The van der Waals surface area contributed by atoms with Crippen molar-refractivity contribution in [3.63, 3.8) is 0 Å². The molecule has 0 aromatic carbocycles. The van der Waals surface area contributed by atoms with Crippen LogP contribution in [0.15, 0.2) is 0 Å². The molecule has 0 bridgehead atoms. The Balaban J connectivity index is 4.94. The Kier molecular flexibility index (Phi) is 20.7. The summed E-state index contributed by atoms with van der Waals surface area (Å²) in [6.45, 7) is 11.4. The van der Waals surface area contributed by atoms with Gasteiger partial charge in [-0.25, -0.2) is 0 Å². The summed E-state index contributed by atoms with van der Waals surface area (Å²) in [7, 11) is 0. The molecule has 0 spiro atoms. The Morgan fingerprint density at radius 2 is 0.778 bits per heavy atom. The lowest BCUT2D eigenvalue weighted by Gasteiger charge is -2.34. The summed E-state index contributed by atoms with van der Waals surface area (Å²) in [5.74, 6) is 0.0785. The van der Waals surface area contributed by atoms with Crippen molar-refractivity contribution >= 4 is 139 Å². The molecule has 0 aliphatic rings. The number of halogens is 12. The minimum atomic E-state index is -0.922. The van der Waals surface area contributed by atoms with Crippen LogP contribution >= 0.6 is 139 Å². The third kappa shape index (κ3) is 13.6. The minimum Gasteiger partial charge on any atom is -0.381 e. The fourth-order valence-corrected chi connectivity index (χ4v) is 7.39. The second-order valence-electron chi connectivity index (χ2n) is 10.4. The van der Waals surface area contributed by atoms with Gasteiger partial charge in [-0.2, -0.15) is 0 Å². The highest BCUT2D eigenvalue weighted by molar-refractivity contribution is 6.44. The topological polar surface area (TPSA) is 9.23 Å². The minimum absolute atomic E-state index is 0.0785. The molecule has 0 rings (SSSR count). The first-order valence-corrected chi connectivity index (χ1v) is 16.8. The quantitative estimate of drug-likeness (QED) is 0.106. The molecule has 13 heteroatoms. The van der Waals surface area contributed by atoms with E-state index in [2.05, 4.69) is 20.8 Å². The second-order valence-corrected chi connectivity index (χ2v) is 16.5. The Bertz CT molecular complexity index is 592. The van der Waals surface area contributed by atoms with Crippen molar-refractivity contribution < 1.29 is 4.74 Å². The van der Waals surface area contributed by atoms with Gasteiger partial charge >= 0.3 is 0 Å². The van der Waals surface area contributed by atoms with Gasteiger partial charge in [0, 0.05) is 13.2 Å². The van der Waals surface area contributed by atoms with E-state index in [4.69, 9.17) is 144 Å². The Morgan fingerprint density at radius 1 is 0.472 bits per heavy atom. The van der Waals surface area contributed by atoms with Crippen LogP contribution in [-0.4, -0.2) is 77.7 Å². The van der Waals surface area contributed by atoms with E-state index in [1.54, 1.807) is 0 Å². The molecule has 0 aliphatic carbocycles. The van der Waals surface area contributed by atoms with Gasteiger partial charge in [0.15, 0.2) is 0 Å². The van der Waals surface area contributed by atoms with E-state index >= 15 is 0 Å². The standard InChI is InChI=1S/C23H36Cl12O/c1-10(2)12(25)14(27)16(29)18(31)20(33)22(35)21(34)19(32)17(30)15(28)13(26)11(24)6-8-36-9-7-23(3,4)5/h10-22H,6-9H2,1-5H3. The summed E-state index contributed by atoms with van der Waals surface area (Å²) >= 11 is 77.9. The van der Waals surface area contributed by atoms with Crippen molar-refractivity contribution in [1.82, 2.24) is 0 Å². The lowest BCUT2D eigenvalue weighted by molar-refractivity contribution is 0.105. The van der Waals surface area contributed by atoms with Gasteiger partial charge in [0.05, 0.1) is 64.5 Å². The van der Waals surface area contributed by atoms with E-state index < -0.39 is 64.5 Å². The molecular formula is C23H36Cl12O. The van der Waals surface area contributed by atoms with Crippen LogP contribution in [-0.2, 0) is 4.74 Å². The van der Waals surface area contributed by atoms with Gasteiger partial charge in [-0.1, -0.05) is 34.6 Å². The average molecular weight is 754 g/mol. The van der Waals surface area contributed by atoms with Crippen molar-refractivity contribution in [1.29, 1.82) is 0 Å². The largest absolute Gasteiger partial charge is 0.381 e. The summed E-state index contributed by atoms with van der Waals surface area (Å²) < 4.78 is 5.66. The molecule has 0 N–H and O–H groups in total. The Labute approximate surface area is 278 Å². The van der Waals surface area contributed by atoms with Crippen molar-refractivity contribution in [3.8, 4) is 0 Å². The molecule has 0 fully saturated rings. The molecule has 1 nitrogen and oxygen atoms in total. The second kappa shape index (κ2) is 18.9. The monoisotopic (exact) mass is 748 g/mol. The van der Waals surface area contributed by atoms with E-state index in [1.807, 2.05) is 13.8 Å². The molecule has 12 atom stereocenters. The van der Waals surface area contributed by atoms with Crippen LogP contribution in [0.25, 0.3) is 0 Å². The van der Waals surface area contributed by atoms with Crippen molar-refractivity contribution in [2.24, 2.45) is 11.3 Å². The van der Waals surface area contributed by atoms with Crippen LogP contribution in [0.4, 0.5) is 0 Å². The van der Waals surface area contributed by atoms with Gasteiger partial charge in [0.2, 0.25) is 0 Å². The summed E-state index contributed by atoms with van der Waals surface area (Å²) in [5.41, 5.74) is 0.193. The van der Waals surface area contributed by atoms with Gasteiger partial charge < -0.3 is 4.74 Å². The van der Waals surface area contributed by atoms with E-state index in [1.165, 1.54) is 0 Å². The van der Waals surface area contributed by atoms with Gasteiger partial charge in [-0.3, -0.25) is 0 Å². The third-order valence-corrected chi connectivity index (χ3v) is 13.7. The number of ether oxygens (including phenoxy) is 1. The predicted molar refractivity (Wildman–Crippen MR) is 170 cm³/mol. The zero-order chi connectivity index (χ0) is 28.5. The number of rotatable bonds is 17. The highest BCUT2D eigenvalue weighted by Gasteiger charge is 2.44. The molecule has 0 amide bonds. The first kappa shape index (κ1) is 39.4. The maximum absolute atomic E-state index is 6.55. The smallest absolute Gasteiger partial charge is 0.0693 e. The first-order valence-electron chi connectivity index (χ1n) is 11.6. The van der Waals surface area contributed by atoms with Crippen LogP contribution in [0.5, 0.6) is 0 Å². The first-order chi connectivity index (χ1) is 16.3. The van der Waals surface area contributed by atoms with Crippen molar-refractivity contribution in [2.45, 2.75) is 112 Å². The fraction of sp³-hybridized carbons (Fsp3) is 1.00. The summed E-state index contributed by atoms with van der Waals surface area (Å²) in [5, 5.41) is -9.22. The van der Waals surface area contributed by atoms with Crippen LogP contribution in [0.1, 0.15) is 47.5 Å². The molecule has 0 aromatic rings. The number of hydrogen-bond acceptors (Lipinski definition) is 1. The lowest BCUT2D eigenvalue weighted by atomic mass is 9.93. The van der Waals surface area contributed by atoms with E-state index in [-0.39, 0.29) is 11.3 Å². The zero-order valence-electron chi connectivity index (χ0n) is 20.8. The van der Waals surface area contributed by atoms with Crippen LogP contribution in [0.3, 0.4) is 0 Å². The maximum atomic E-state index is 6.55. The molecule has 12 unspecified atom stereocenters. The predicted octanol–water partition coefficient (Wildman–Crippen LogP) is 10.8. The van der Waals surface area contributed by atoms with Crippen molar-refractivity contribution in [2.75, 3.05) is 13.2 Å². The van der Waals surface area contributed by atoms with Gasteiger partial charge in [0.25, 0.3) is 0 Å². The van der Waals surface area contributed by atoms with Crippen LogP contribution in [0, 0.1) is 11.3 Å². The highest BCUT2D eigenvalue weighted by Crippen LogP contribution is 2.38. The lowest BCUT2D eigenvalue weighted by Crippen LogP contribution is -2.48. The molecular weight excluding hydrogens is 718 g/mol. The third-order valence-electron chi connectivity index (χ3n) is 5.56. The van der Waals surface area contributed by atoms with E-state index in [0.29, 0.717) is 19.6 Å². The molecule has 0 saturated heterocycles. The molecule has 0 heterocycles. The fourth-order valence-electron chi connectivity index (χ4n) is 2.98. The van der Waals surface area contributed by atoms with Gasteiger partial charge in [-0.05, 0) is 24.2 Å². The molecule has 0 aliphatic heterocycles. The van der Waals surface area contributed by atoms with E-state index in [0.717, 1.165) is 6.42 Å².